The molecule has 0 amide bonds. The van der Waals surface area contributed by atoms with E-state index in [1.54, 1.807) is 0 Å². The molecule has 1 aliphatic rings. The molecule has 1 aromatic rings. The molecule has 0 radical (unpaired) electrons. The van der Waals surface area contributed by atoms with E-state index in [9.17, 15) is 13.2 Å². The Bertz CT molecular complexity index is 636. The zero-order valence-corrected chi connectivity index (χ0v) is 12.3. The minimum atomic E-state index is -3.66. The van der Waals surface area contributed by atoms with Crippen LogP contribution >= 0.6 is 0 Å². The number of rotatable bonds is 5. The normalized spacial score (nSPS) is 16.7. The zero-order valence-electron chi connectivity index (χ0n) is 11.5. The van der Waals surface area contributed by atoms with Crippen molar-refractivity contribution >= 4 is 21.7 Å². The van der Waals surface area contributed by atoms with Crippen molar-refractivity contribution in [3.8, 4) is 0 Å². The number of ether oxygens (including phenoxy) is 1. The minimum absolute atomic E-state index is 0.0191. The molecular weight excluding hydrogens is 280 g/mol. The molecule has 1 fully saturated rings. The lowest BCUT2D eigenvalue weighted by Crippen LogP contribution is -2.29. The van der Waals surface area contributed by atoms with Gasteiger partial charge in [0.15, 0.2) is 0 Å². The van der Waals surface area contributed by atoms with E-state index in [4.69, 9.17) is 5.73 Å². The second-order valence-corrected chi connectivity index (χ2v) is 7.11. The first kappa shape index (κ1) is 14.8. The number of nitrogens with one attached hydrogen (secondary N) is 1. The number of carbonyl (C=O) groups is 1. The lowest BCUT2D eigenvalue weighted by atomic mass is 10.2. The van der Waals surface area contributed by atoms with E-state index in [2.05, 4.69) is 9.46 Å². The van der Waals surface area contributed by atoms with Crippen molar-refractivity contribution in [3.05, 3.63) is 23.8 Å². The minimum Gasteiger partial charge on any atom is -0.465 e. The Morgan fingerprint density at radius 1 is 1.45 bits per heavy atom. The zero-order chi connectivity index (χ0) is 15.0. The van der Waals surface area contributed by atoms with Crippen molar-refractivity contribution in [3.63, 3.8) is 0 Å². The van der Waals surface area contributed by atoms with Gasteiger partial charge in [-0.15, -0.1) is 0 Å². The fourth-order valence-electron chi connectivity index (χ4n) is 1.78. The van der Waals surface area contributed by atoms with Gasteiger partial charge in [-0.25, -0.2) is 17.9 Å². The molecule has 0 spiro atoms. The highest BCUT2D eigenvalue weighted by molar-refractivity contribution is 7.89. The second-order valence-electron chi connectivity index (χ2n) is 5.38. The second kappa shape index (κ2) is 5.06. The van der Waals surface area contributed by atoms with Crippen LogP contribution in [0.3, 0.4) is 0 Å². The lowest BCUT2D eigenvalue weighted by Gasteiger charge is -2.12. The van der Waals surface area contributed by atoms with E-state index < -0.39 is 16.0 Å². The first-order valence-electron chi connectivity index (χ1n) is 6.25. The Labute approximate surface area is 118 Å². The number of anilines is 1. The summed E-state index contributed by atoms with van der Waals surface area (Å²) in [6, 6.07) is 4.01. The number of hydrogen-bond acceptors (Lipinski definition) is 5. The Kier molecular flexibility index (Phi) is 3.75. The molecule has 1 aliphatic carbocycles. The number of sulfonamides is 1. The maximum atomic E-state index is 12.2. The molecule has 20 heavy (non-hydrogen) atoms. The quantitative estimate of drug-likeness (QED) is 0.627. The molecule has 7 heteroatoms. The third-order valence-corrected chi connectivity index (χ3v) is 4.99. The molecule has 0 atom stereocenters. The summed E-state index contributed by atoms with van der Waals surface area (Å²) in [5.74, 6) is -0.556. The van der Waals surface area contributed by atoms with Crippen molar-refractivity contribution in [2.45, 2.75) is 24.7 Å². The van der Waals surface area contributed by atoms with Crippen LogP contribution in [0.5, 0.6) is 0 Å². The van der Waals surface area contributed by atoms with Gasteiger partial charge in [-0.05, 0) is 36.5 Å². The van der Waals surface area contributed by atoms with Crippen LogP contribution in [-0.4, -0.2) is 28.0 Å². The monoisotopic (exact) mass is 298 g/mol. The predicted octanol–water partition coefficient (Wildman–Crippen LogP) is 1.13. The molecule has 0 aromatic heterocycles. The van der Waals surface area contributed by atoms with Gasteiger partial charge in [0.25, 0.3) is 0 Å². The number of nitrogens with two attached hydrogens (primary N) is 1. The Balaban J connectivity index is 2.21. The summed E-state index contributed by atoms with van der Waals surface area (Å²) in [6.07, 6.45) is 2.04. The first-order chi connectivity index (χ1) is 9.27. The topological polar surface area (TPSA) is 98.5 Å². The van der Waals surface area contributed by atoms with E-state index in [1.807, 2.05) is 6.92 Å². The van der Waals surface area contributed by atoms with Crippen molar-refractivity contribution in [2.24, 2.45) is 5.41 Å². The standard InChI is InChI=1S/C13H18N2O4S/c1-13(5-6-13)8-15-20(17,18)11-4-3-9(7-10(11)14)12(16)19-2/h3-4,7,15H,5-6,8,14H2,1-2H3. The van der Waals surface area contributed by atoms with Crippen LogP contribution in [0.2, 0.25) is 0 Å². The number of benzene rings is 1. The van der Waals surface area contributed by atoms with Gasteiger partial charge in [-0.3, -0.25) is 0 Å². The van der Waals surface area contributed by atoms with E-state index in [0.29, 0.717) is 6.54 Å². The summed E-state index contributed by atoms with van der Waals surface area (Å²) in [7, 11) is -2.41. The highest BCUT2D eigenvalue weighted by Crippen LogP contribution is 2.44. The number of methoxy groups -OCH3 is 1. The summed E-state index contributed by atoms with van der Waals surface area (Å²) in [6.45, 7) is 2.42. The van der Waals surface area contributed by atoms with Gasteiger partial charge in [0.2, 0.25) is 10.0 Å². The Morgan fingerprint density at radius 2 is 2.10 bits per heavy atom. The van der Waals surface area contributed by atoms with Crippen molar-refractivity contribution in [1.29, 1.82) is 0 Å². The van der Waals surface area contributed by atoms with E-state index >= 15 is 0 Å². The van der Waals surface area contributed by atoms with Crippen LogP contribution in [0.15, 0.2) is 23.1 Å². The first-order valence-corrected chi connectivity index (χ1v) is 7.73. The van der Waals surface area contributed by atoms with Crippen LogP contribution in [0.4, 0.5) is 5.69 Å². The van der Waals surface area contributed by atoms with Gasteiger partial charge in [0.1, 0.15) is 4.90 Å². The van der Waals surface area contributed by atoms with E-state index in [0.717, 1.165) is 12.8 Å². The van der Waals surface area contributed by atoms with E-state index in [1.165, 1.54) is 25.3 Å². The largest absolute Gasteiger partial charge is 0.465 e. The third kappa shape index (κ3) is 3.10. The van der Waals surface area contributed by atoms with Gasteiger partial charge >= 0.3 is 5.97 Å². The van der Waals surface area contributed by atoms with Gasteiger partial charge < -0.3 is 10.5 Å². The van der Waals surface area contributed by atoms with Crippen LogP contribution in [0.1, 0.15) is 30.1 Å². The summed E-state index contributed by atoms with van der Waals surface area (Å²) < 4.78 is 31.5. The molecule has 0 heterocycles. The van der Waals surface area contributed by atoms with Crippen LogP contribution in [-0.2, 0) is 14.8 Å². The fourth-order valence-corrected chi connectivity index (χ4v) is 3.09. The SMILES string of the molecule is COC(=O)c1ccc(S(=O)(=O)NCC2(C)CC2)c(N)c1. The molecule has 0 bridgehead atoms. The summed E-state index contributed by atoms with van der Waals surface area (Å²) >= 11 is 0. The van der Waals surface area contributed by atoms with Gasteiger partial charge in [0.05, 0.1) is 18.4 Å². The van der Waals surface area contributed by atoms with Crippen molar-refractivity contribution in [1.82, 2.24) is 4.72 Å². The van der Waals surface area contributed by atoms with Crippen LogP contribution < -0.4 is 10.5 Å². The van der Waals surface area contributed by atoms with Crippen molar-refractivity contribution < 1.29 is 17.9 Å². The van der Waals surface area contributed by atoms with Crippen molar-refractivity contribution in [2.75, 3.05) is 19.4 Å². The number of carbonyl (C=O) groups excluding carboxylic acids is 1. The summed E-state index contributed by atoms with van der Waals surface area (Å²) in [5, 5.41) is 0. The molecule has 110 valence electrons. The molecule has 6 nitrogen and oxygen atoms in total. The highest BCUT2D eigenvalue weighted by Gasteiger charge is 2.38. The molecule has 3 N–H and O–H groups in total. The third-order valence-electron chi connectivity index (χ3n) is 3.51. The fraction of sp³-hybridized carbons (Fsp3) is 0.462. The predicted molar refractivity (Wildman–Crippen MR) is 74.7 cm³/mol. The maximum absolute atomic E-state index is 12.2. The molecule has 1 saturated carbocycles. The Morgan fingerprint density at radius 3 is 2.60 bits per heavy atom. The van der Waals surface area contributed by atoms with E-state index in [-0.39, 0.29) is 21.6 Å². The number of nitrogen functional groups attached to an aromatic ring is 1. The molecule has 0 aliphatic heterocycles. The summed E-state index contributed by atoms with van der Waals surface area (Å²) in [4.78, 5) is 11.3. The molecule has 2 rings (SSSR count). The molecule has 0 unspecified atom stereocenters. The number of esters is 1. The summed E-state index contributed by atoms with van der Waals surface area (Å²) in [5.41, 5.74) is 6.04. The smallest absolute Gasteiger partial charge is 0.337 e. The Hall–Kier alpha value is -1.60. The maximum Gasteiger partial charge on any atom is 0.337 e. The molecule has 0 saturated heterocycles. The molecular formula is C13H18N2O4S. The van der Waals surface area contributed by atoms with Gasteiger partial charge in [-0.2, -0.15) is 0 Å². The van der Waals surface area contributed by atoms with Crippen LogP contribution in [0, 0.1) is 5.41 Å². The number of hydrogen-bond donors (Lipinski definition) is 2. The van der Waals surface area contributed by atoms with Gasteiger partial charge in [0, 0.05) is 6.54 Å². The average molecular weight is 298 g/mol. The van der Waals surface area contributed by atoms with Gasteiger partial charge in [-0.1, -0.05) is 6.92 Å². The molecule has 1 aromatic carbocycles. The highest BCUT2D eigenvalue weighted by atomic mass is 32.2. The average Bonchev–Trinajstić information content (AvgIpc) is 3.14. The lowest BCUT2D eigenvalue weighted by molar-refractivity contribution is 0.0600. The van der Waals surface area contributed by atoms with Crippen LogP contribution in [0.25, 0.3) is 0 Å².